The summed E-state index contributed by atoms with van der Waals surface area (Å²) in [6.45, 7) is 3.51. The quantitative estimate of drug-likeness (QED) is 0.767. The highest BCUT2D eigenvalue weighted by atomic mass is 35.5. The third-order valence-electron chi connectivity index (χ3n) is 4.89. The number of nitrogens with one attached hydrogen (secondary N) is 1. The maximum absolute atomic E-state index is 12.6. The van der Waals surface area contributed by atoms with E-state index in [1.807, 2.05) is 0 Å². The molecule has 1 saturated heterocycles. The lowest BCUT2D eigenvalue weighted by Gasteiger charge is -2.33. The van der Waals surface area contributed by atoms with Gasteiger partial charge in [-0.25, -0.2) is 18.1 Å². The zero-order valence-electron chi connectivity index (χ0n) is 15.3. The van der Waals surface area contributed by atoms with Crippen molar-refractivity contribution >= 4 is 39.0 Å². The number of halogens is 2. The molecule has 0 unspecified atom stereocenters. The second kappa shape index (κ2) is 8.66. The molecular formula is C19H20Cl2N4O2S. The van der Waals surface area contributed by atoms with Crippen LogP contribution in [0.2, 0.25) is 10.0 Å². The molecule has 2 heterocycles. The molecule has 148 valence electrons. The van der Waals surface area contributed by atoms with Crippen LogP contribution in [0.1, 0.15) is 24.0 Å². The van der Waals surface area contributed by atoms with Crippen molar-refractivity contribution in [3.05, 3.63) is 51.6 Å². The normalized spacial score (nSPS) is 15.4. The minimum Gasteiger partial charge on any atom is -0.356 e. The van der Waals surface area contributed by atoms with Gasteiger partial charge >= 0.3 is 0 Å². The number of benzene rings is 1. The van der Waals surface area contributed by atoms with Gasteiger partial charge in [-0.05, 0) is 55.5 Å². The molecule has 0 atom stereocenters. The van der Waals surface area contributed by atoms with Crippen LogP contribution in [0.5, 0.6) is 0 Å². The van der Waals surface area contributed by atoms with Crippen molar-refractivity contribution in [3.8, 4) is 6.07 Å². The number of pyridine rings is 1. The fraction of sp³-hybridized carbons (Fsp3) is 0.368. The number of hydrogen-bond acceptors (Lipinski definition) is 5. The Hall–Kier alpha value is -1.85. The predicted octanol–water partition coefficient (Wildman–Crippen LogP) is 3.76. The number of nitriles is 1. The van der Waals surface area contributed by atoms with Gasteiger partial charge in [-0.1, -0.05) is 23.2 Å². The van der Waals surface area contributed by atoms with E-state index in [-0.39, 0.29) is 15.8 Å². The Labute approximate surface area is 175 Å². The Morgan fingerprint density at radius 1 is 1.29 bits per heavy atom. The first-order valence-corrected chi connectivity index (χ1v) is 11.1. The molecule has 0 saturated carbocycles. The van der Waals surface area contributed by atoms with Gasteiger partial charge in [0.05, 0.1) is 10.6 Å². The van der Waals surface area contributed by atoms with Crippen LogP contribution < -0.4 is 9.62 Å². The summed E-state index contributed by atoms with van der Waals surface area (Å²) in [6, 6.07) is 8.59. The number of piperidine rings is 1. The summed E-state index contributed by atoms with van der Waals surface area (Å²) >= 11 is 12.1. The van der Waals surface area contributed by atoms with Crippen molar-refractivity contribution in [2.75, 3.05) is 24.5 Å². The van der Waals surface area contributed by atoms with Crippen molar-refractivity contribution in [3.63, 3.8) is 0 Å². The maximum atomic E-state index is 12.6. The molecule has 9 heteroatoms. The first-order valence-electron chi connectivity index (χ1n) is 8.87. The molecule has 6 nitrogen and oxygen atoms in total. The van der Waals surface area contributed by atoms with Crippen LogP contribution in [0.4, 0.5) is 5.82 Å². The van der Waals surface area contributed by atoms with Gasteiger partial charge in [0, 0.05) is 30.9 Å². The topological polar surface area (TPSA) is 86.1 Å². The average Bonchev–Trinajstić information content (AvgIpc) is 2.69. The lowest BCUT2D eigenvalue weighted by atomic mass is 9.97. The molecule has 0 amide bonds. The molecule has 1 aromatic heterocycles. The van der Waals surface area contributed by atoms with Gasteiger partial charge in [0.1, 0.15) is 16.8 Å². The van der Waals surface area contributed by atoms with E-state index in [4.69, 9.17) is 23.2 Å². The summed E-state index contributed by atoms with van der Waals surface area (Å²) in [5, 5.41) is 9.77. The van der Waals surface area contributed by atoms with E-state index < -0.39 is 10.0 Å². The Morgan fingerprint density at radius 3 is 2.68 bits per heavy atom. The summed E-state index contributed by atoms with van der Waals surface area (Å²) in [4.78, 5) is 6.43. The zero-order chi connectivity index (χ0) is 20.3. The van der Waals surface area contributed by atoms with Crippen molar-refractivity contribution in [2.24, 2.45) is 5.92 Å². The second-order valence-electron chi connectivity index (χ2n) is 6.80. The molecule has 1 aromatic carbocycles. The van der Waals surface area contributed by atoms with E-state index >= 15 is 0 Å². The summed E-state index contributed by atoms with van der Waals surface area (Å²) in [5.41, 5.74) is 1.21. The Morgan fingerprint density at radius 2 is 2.00 bits per heavy atom. The van der Waals surface area contributed by atoms with Crippen LogP contribution in [0, 0.1) is 24.2 Å². The summed E-state index contributed by atoms with van der Waals surface area (Å²) < 4.78 is 27.9. The van der Waals surface area contributed by atoms with E-state index in [0.29, 0.717) is 28.5 Å². The number of hydrogen-bond donors (Lipinski definition) is 1. The first-order chi connectivity index (χ1) is 13.3. The smallest absolute Gasteiger partial charge is 0.242 e. The number of anilines is 1. The van der Waals surface area contributed by atoms with E-state index in [2.05, 4.69) is 20.7 Å². The largest absolute Gasteiger partial charge is 0.356 e. The molecule has 1 aliphatic rings. The van der Waals surface area contributed by atoms with E-state index in [0.717, 1.165) is 25.9 Å². The number of nitrogens with zero attached hydrogens (tertiary/aromatic N) is 3. The highest BCUT2D eigenvalue weighted by Crippen LogP contribution is 2.29. The SMILES string of the molecule is Cc1cc(S(=O)(=O)NCC2CCN(c3ncccc3C#N)CC2)c(Cl)cc1Cl. The lowest BCUT2D eigenvalue weighted by Crippen LogP contribution is -2.39. The Balaban J connectivity index is 1.61. The van der Waals surface area contributed by atoms with E-state index in [1.54, 1.807) is 25.3 Å². The second-order valence-corrected chi connectivity index (χ2v) is 9.35. The Bertz CT molecular complexity index is 1010. The summed E-state index contributed by atoms with van der Waals surface area (Å²) in [6.07, 6.45) is 3.28. The summed E-state index contributed by atoms with van der Waals surface area (Å²) in [7, 11) is -3.72. The molecule has 0 spiro atoms. The van der Waals surface area contributed by atoms with Gasteiger partial charge in [-0.15, -0.1) is 0 Å². The van der Waals surface area contributed by atoms with E-state index in [9.17, 15) is 13.7 Å². The van der Waals surface area contributed by atoms with Gasteiger partial charge in [0.2, 0.25) is 10.0 Å². The molecule has 1 aliphatic heterocycles. The van der Waals surface area contributed by atoms with Crippen molar-refractivity contribution < 1.29 is 8.42 Å². The van der Waals surface area contributed by atoms with Gasteiger partial charge in [0.25, 0.3) is 0 Å². The molecule has 1 fully saturated rings. The predicted molar refractivity (Wildman–Crippen MR) is 110 cm³/mol. The number of sulfonamides is 1. The molecule has 0 bridgehead atoms. The number of rotatable bonds is 5. The van der Waals surface area contributed by atoms with Gasteiger partial charge in [-0.2, -0.15) is 5.26 Å². The van der Waals surface area contributed by atoms with Crippen LogP contribution in [0.15, 0.2) is 35.4 Å². The fourth-order valence-electron chi connectivity index (χ4n) is 3.23. The van der Waals surface area contributed by atoms with Crippen LogP contribution in [-0.2, 0) is 10.0 Å². The lowest BCUT2D eigenvalue weighted by molar-refractivity contribution is 0.400. The molecule has 0 radical (unpaired) electrons. The monoisotopic (exact) mass is 438 g/mol. The third kappa shape index (κ3) is 4.58. The first kappa shape index (κ1) is 20.9. The minimum atomic E-state index is -3.72. The highest BCUT2D eigenvalue weighted by molar-refractivity contribution is 7.89. The maximum Gasteiger partial charge on any atom is 0.242 e. The van der Waals surface area contributed by atoms with Crippen molar-refractivity contribution in [2.45, 2.75) is 24.7 Å². The molecule has 2 aromatic rings. The molecule has 1 N–H and O–H groups in total. The van der Waals surface area contributed by atoms with E-state index in [1.165, 1.54) is 12.1 Å². The minimum absolute atomic E-state index is 0.0423. The van der Waals surface area contributed by atoms with Gasteiger partial charge in [0.15, 0.2) is 0 Å². The number of aromatic nitrogens is 1. The van der Waals surface area contributed by atoms with Gasteiger partial charge in [-0.3, -0.25) is 0 Å². The highest BCUT2D eigenvalue weighted by Gasteiger charge is 2.25. The van der Waals surface area contributed by atoms with Crippen LogP contribution in [-0.4, -0.2) is 33.0 Å². The van der Waals surface area contributed by atoms with Crippen molar-refractivity contribution in [1.82, 2.24) is 9.71 Å². The van der Waals surface area contributed by atoms with Crippen LogP contribution in [0.3, 0.4) is 0 Å². The third-order valence-corrected chi connectivity index (χ3v) is 7.18. The molecule has 0 aliphatic carbocycles. The Kier molecular flexibility index (Phi) is 6.46. The molecule has 3 rings (SSSR count). The number of aryl methyl sites for hydroxylation is 1. The van der Waals surface area contributed by atoms with Crippen LogP contribution >= 0.6 is 23.2 Å². The molecular weight excluding hydrogens is 419 g/mol. The average molecular weight is 439 g/mol. The standard InChI is InChI=1S/C19H20Cl2N4O2S/c1-13-9-18(17(21)10-16(13)20)28(26,27)24-12-14-4-7-25(8-5-14)19-15(11-22)3-2-6-23-19/h2-3,6,9-10,14,24H,4-5,7-8,12H2,1H3. The molecule has 28 heavy (non-hydrogen) atoms. The van der Waals surface area contributed by atoms with Crippen LogP contribution in [0.25, 0.3) is 0 Å². The van der Waals surface area contributed by atoms with Crippen molar-refractivity contribution in [1.29, 1.82) is 5.26 Å². The van der Waals surface area contributed by atoms with Gasteiger partial charge < -0.3 is 4.90 Å². The fourth-order valence-corrected chi connectivity index (χ4v) is 5.17. The zero-order valence-corrected chi connectivity index (χ0v) is 17.7. The summed E-state index contributed by atoms with van der Waals surface area (Å²) in [5.74, 6) is 0.889.